The van der Waals surface area contributed by atoms with Gasteiger partial charge in [0.2, 0.25) is 0 Å². The topological polar surface area (TPSA) is 12.0 Å². The van der Waals surface area contributed by atoms with E-state index in [9.17, 15) is 17.6 Å². The number of alkyl halides is 3. The van der Waals surface area contributed by atoms with Crippen molar-refractivity contribution in [1.82, 2.24) is 0 Å². The van der Waals surface area contributed by atoms with Gasteiger partial charge in [-0.2, -0.15) is 13.2 Å². The summed E-state index contributed by atoms with van der Waals surface area (Å²) in [4.78, 5) is 0. The maximum Gasteiger partial charge on any atom is 0.419 e. The Morgan fingerprint density at radius 3 is 2.40 bits per heavy atom. The molecule has 1 aliphatic rings. The van der Waals surface area contributed by atoms with Crippen molar-refractivity contribution in [1.29, 1.82) is 0 Å². The zero-order valence-corrected chi connectivity index (χ0v) is 10.3. The largest absolute Gasteiger partial charge is 0.419 e. The van der Waals surface area contributed by atoms with Crippen molar-refractivity contribution in [2.24, 2.45) is 0 Å². The van der Waals surface area contributed by atoms with Crippen molar-refractivity contribution in [3.05, 3.63) is 65.0 Å². The average Bonchev–Trinajstić information content (AvgIpc) is 2.80. The fourth-order valence-electron chi connectivity index (χ4n) is 2.48. The van der Waals surface area contributed by atoms with Gasteiger partial charge in [0, 0.05) is 5.69 Å². The molecular formula is C15H11F4N. The molecule has 0 aromatic heterocycles. The summed E-state index contributed by atoms with van der Waals surface area (Å²) in [6, 6.07) is 11.1. The number of hydrogen-bond donors (Lipinski definition) is 1. The predicted octanol–water partition coefficient (Wildman–Crippen LogP) is 4.55. The molecule has 0 bridgehead atoms. The lowest BCUT2D eigenvalue weighted by Crippen LogP contribution is -2.09. The van der Waals surface area contributed by atoms with E-state index in [1.807, 2.05) is 30.3 Å². The molecule has 0 amide bonds. The molecule has 20 heavy (non-hydrogen) atoms. The van der Waals surface area contributed by atoms with Gasteiger partial charge in [-0.15, -0.1) is 0 Å². The van der Waals surface area contributed by atoms with Gasteiger partial charge in [0.1, 0.15) is 5.82 Å². The van der Waals surface area contributed by atoms with E-state index in [2.05, 4.69) is 5.32 Å². The van der Waals surface area contributed by atoms with Crippen LogP contribution >= 0.6 is 0 Å². The van der Waals surface area contributed by atoms with Gasteiger partial charge in [0.05, 0.1) is 11.6 Å². The molecule has 0 radical (unpaired) electrons. The number of hydrogen-bond acceptors (Lipinski definition) is 1. The second-order valence-corrected chi connectivity index (χ2v) is 4.80. The predicted molar refractivity (Wildman–Crippen MR) is 67.9 cm³/mol. The highest BCUT2D eigenvalue weighted by Gasteiger charge is 2.36. The smallest absolute Gasteiger partial charge is 0.378 e. The van der Waals surface area contributed by atoms with Crippen LogP contribution in [0.4, 0.5) is 23.2 Å². The highest BCUT2D eigenvalue weighted by Crippen LogP contribution is 2.40. The minimum Gasteiger partial charge on any atom is -0.378 e. The second-order valence-electron chi connectivity index (χ2n) is 4.80. The second kappa shape index (κ2) is 4.51. The first kappa shape index (κ1) is 13.0. The van der Waals surface area contributed by atoms with Crippen LogP contribution in [0.1, 0.15) is 22.7 Å². The van der Waals surface area contributed by atoms with Crippen molar-refractivity contribution in [3.8, 4) is 0 Å². The SMILES string of the molecule is Fc1cc2c(cc1C(F)(F)F)NC(c1ccccc1)C2. The molecule has 1 unspecified atom stereocenters. The normalized spacial score (nSPS) is 17.7. The quantitative estimate of drug-likeness (QED) is 0.756. The number of rotatable bonds is 1. The molecule has 2 aromatic rings. The maximum atomic E-state index is 13.5. The van der Waals surface area contributed by atoms with Crippen LogP contribution in [-0.4, -0.2) is 0 Å². The Balaban J connectivity index is 1.95. The van der Waals surface area contributed by atoms with Crippen LogP contribution in [0.2, 0.25) is 0 Å². The van der Waals surface area contributed by atoms with E-state index in [1.165, 1.54) is 0 Å². The third-order valence-corrected chi connectivity index (χ3v) is 3.45. The Kier molecular flexibility index (Phi) is 2.92. The first-order chi connectivity index (χ1) is 9.45. The van der Waals surface area contributed by atoms with E-state index in [0.717, 1.165) is 17.7 Å². The van der Waals surface area contributed by atoms with Gasteiger partial charge >= 0.3 is 6.18 Å². The van der Waals surface area contributed by atoms with E-state index in [4.69, 9.17) is 0 Å². The molecule has 1 atom stereocenters. The summed E-state index contributed by atoms with van der Waals surface area (Å²) in [6.07, 6.45) is -4.19. The van der Waals surface area contributed by atoms with Crippen LogP contribution in [0.15, 0.2) is 42.5 Å². The summed E-state index contributed by atoms with van der Waals surface area (Å²) < 4.78 is 51.5. The average molecular weight is 281 g/mol. The van der Waals surface area contributed by atoms with Crippen molar-refractivity contribution in [2.45, 2.75) is 18.6 Å². The summed E-state index contributed by atoms with van der Waals surface area (Å²) in [5, 5.41) is 3.02. The summed E-state index contributed by atoms with van der Waals surface area (Å²) in [5.41, 5.74) is 0.673. The van der Waals surface area contributed by atoms with E-state index in [-0.39, 0.29) is 6.04 Å². The van der Waals surface area contributed by atoms with E-state index >= 15 is 0 Å². The van der Waals surface area contributed by atoms with Gasteiger partial charge in [-0.05, 0) is 29.7 Å². The Bertz CT molecular complexity index is 634. The zero-order valence-electron chi connectivity index (χ0n) is 10.3. The molecule has 2 aromatic carbocycles. The minimum atomic E-state index is -4.67. The maximum absolute atomic E-state index is 13.5. The molecule has 5 heteroatoms. The third kappa shape index (κ3) is 2.24. The molecule has 1 heterocycles. The molecule has 1 N–H and O–H groups in total. The molecule has 0 saturated heterocycles. The Morgan fingerprint density at radius 1 is 1.05 bits per heavy atom. The first-order valence-corrected chi connectivity index (χ1v) is 6.16. The van der Waals surface area contributed by atoms with Crippen LogP contribution in [0.3, 0.4) is 0 Å². The minimum absolute atomic E-state index is 0.117. The number of anilines is 1. The summed E-state index contributed by atoms with van der Waals surface area (Å²) in [6.45, 7) is 0. The standard InChI is InChI=1S/C15H11F4N/c16-12-6-10-7-13(9-4-2-1-3-5-9)20-14(10)8-11(12)15(17,18)19/h1-6,8,13,20H,7H2. The molecule has 104 valence electrons. The van der Waals surface area contributed by atoms with Gasteiger partial charge < -0.3 is 5.32 Å². The van der Waals surface area contributed by atoms with Gasteiger partial charge in [0.25, 0.3) is 0 Å². The molecule has 0 saturated carbocycles. The van der Waals surface area contributed by atoms with Crippen molar-refractivity contribution in [3.63, 3.8) is 0 Å². The highest BCUT2D eigenvalue weighted by molar-refractivity contribution is 5.60. The fourth-order valence-corrected chi connectivity index (χ4v) is 2.48. The van der Waals surface area contributed by atoms with E-state index in [0.29, 0.717) is 17.7 Å². The lowest BCUT2D eigenvalue weighted by Gasteiger charge is -2.12. The van der Waals surface area contributed by atoms with Gasteiger partial charge in [0.15, 0.2) is 0 Å². The van der Waals surface area contributed by atoms with Crippen LogP contribution in [0.5, 0.6) is 0 Å². The van der Waals surface area contributed by atoms with Crippen LogP contribution in [-0.2, 0) is 12.6 Å². The third-order valence-electron chi connectivity index (χ3n) is 3.45. The Labute approximate surface area is 113 Å². The van der Waals surface area contributed by atoms with Gasteiger partial charge in [-0.25, -0.2) is 4.39 Å². The Morgan fingerprint density at radius 2 is 1.75 bits per heavy atom. The number of nitrogens with one attached hydrogen (secondary N) is 1. The van der Waals surface area contributed by atoms with Crippen molar-refractivity contribution in [2.75, 3.05) is 5.32 Å². The monoisotopic (exact) mass is 281 g/mol. The van der Waals surface area contributed by atoms with E-state index in [1.54, 1.807) is 0 Å². The number of fused-ring (bicyclic) bond motifs is 1. The molecule has 0 aliphatic carbocycles. The van der Waals surface area contributed by atoms with Crippen molar-refractivity contribution < 1.29 is 17.6 Å². The van der Waals surface area contributed by atoms with Crippen molar-refractivity contribution >= 4 is 5.69 Å². The van der Waals surface area contributed by atoms with Crippen LogP contribution in [0.25, 0.3) is 0 Å². The molecule has 1 nitrogen and oxygen atoms in total. The van der Waals surface area contributed by atoms with Crippen LogP contribution < -0.4 is 5.32 Å². The summed E-state index contributed by atoms with van der Waals surface area (Å²) in [7, 11) is 0. The molecule has 0 spiro atoms. The molecule has 0 fully saturated rings. The fraction of sp³-hybridized carbons (Fsp3) is 0.200. The van der Waals surface area contributed by atoms with Gasteiger partial charge in [-0.1, -0.05) is 30.3 Å². The molecular weight excluding hydrogens is 270 g/mol. The van der Waals surface area contributed by atoms with Crippen LogP contribution in [0, 0.1) is 5.82 Å². The van der Waals surface area contributed by atoms with Gasteiger partial charge in [-0.3, -0.25) is 0 Å². The first-order valence-electron chi connectivity index (χ1n) is 6.16. The lowest BCUT2D eigenvalue weighted by atomic mass is 10.0. The lowest BCUT2D eigenvalue weighted by molar-refractivity contribution is -0.139. The molecule has 3 rings (SSSR count). The number of halogens is 4. The Hall–Kier alpha value is -2.04. The molecule has 1 aliphatic heterocycles. The van der Waals surface area contributed by atoms with E-state index < -0.39 is 17.6 Å². The number of benzene rings is 2. The summed E-state index contributed by atoms with van der Waals surface area (Å²) >= 11 is 0. The summed E-state index contributed by atoms with van der Waals surface area (Å²) in [5.74, 6) is -1.22. The zero-order chi connectivity index (χ0) is 14.3. The highest BCUT2D eigenvalue weighted by atomic mass is 19.4.